The predicted molar refractivity (Wildman–Crippen MR) is 85.8 cm³/mol. The molecule has 0 aliphatic rings. The van der Waals surface area contributed by atoms with Gasteiger partial charge in [-0.05, 0) is 30.3 Å². The minimum absolute atomic E-state index is 0.312. The first-order chi connectivity index (χ1) is 8.99. The topological polar surface area (TPSA) is 29.1 Å². The smallest absolute Gasteiger partial charge is 0.256 e. The standard InChI is InChI=1S/C13H8BrCl2NOS/c14-7-4-5-8(11(19)6-7)13(18)17-12-9(15)2-1-3-10(12)16/h1-6,19H,(H,17,18). The van der Waals surface area contributed by atoms with E-state index in [4.69, 9.17) is 23.2 Å². The fraction of sp³-hybridized carbons (Fsp3) is 0. The van der Waals surface area contributed by atoms with E-state index in [9.17, 15) is 4.79 Å². The molecule has 0 aromatic heterocycles. The van der Waals surface area contributed by atoms with Crippen molar-refractivity contribution < 1.29 is 4.79 Å². The van der Waals surface area contributed by atoms with Gasteiger partial charge in [-0.2, -0.15) is 0 Å². The zero-order valence-corrected chi connectivity index (χ0v) is 13.4. The van der Waals surface area contributed by atoms with E-state index in [1.807, 2.05) is 0 Å². The van der Waals surface area contributed by atoms with E-state index in [0.29, 0.717) is 26.2 Å². The van der Waals surface area contributed by atoms with Crippen molar-refractivity contribution in [1.82, 2.24) is 0 Å². The average Bonchev–Trinajstić information content (AvgIpc) is 2.33. The van der Waals surface area contributed by atoms with Gasteiger partial charge in [-0.3, -0.25) is 4.79 Å². The Morgan fingerprint density at radius 2 is 1.79 bits per heavy atom. The maximum absolute atomic E-state index is 12.2. The van der Waals surface area contributed by atoms with Crippen LogP contribution in [0.15, 0.2) is 45.8 Å². The molecule has 6 heteroatoms. The zero-order chi connectivity index (χ0) is 14.0. The summed E-state index contributed by atoms with van der Waals surface area (Å²) in [6.07, 6.45) is 0. The molecule has 0 fully saturated rings. The molecule has 0 atom stereocenters. The molecular formula is C13H8BrCl2NOS. The minimum atomic E-state index is -0.312. The highest BCUT2D eigenvalue weighted by Gasteiger charge is 2.13. The van der Waals surface area contributed by atoms with Crippen LogP contribution in [-0.4, -0.2) is 5.91 Å². The van der Waals surface area contributed by atoms with Crippen molar-refractivity contribution in [3.63, 3.8) is 0 Å². The Hall–Kier alpha value is -0.680. The third-order valence-corrected chi connectivity index (χ3v) is 3.90. The summed E-state index contributed by atoms with van der Waals surface area (Å²) >= 11 is 19.6. The molecule has 0 unspecified atom stereocenters. The van der Waals surface area contributed by atoms with Gasteiger partial charge in [0.15, 0.2) is 0 Å². The molecule has 1 amide bonds. The molecule has 0 spiro atoms. The van der Waals surface area contributed by atoms with E-state index < -0.39 is 0 Å². The molecule has 2 aromatic rings. The molecule has 2 aromatic carbocycles. The molecule has 0 aliphatic heterocycles. The van der Waals surface area contributed by atoms with E-state index in [-0.39, 0.29) is 5.91 Å². The first-order valence-electron chi connectivity index (χ1n) is 5.23. The lowest BCUT2D eigenvalue weighted by molar-refractivity contribution is 0.102. The maximum atomic E-state index is 12.2. The SMILES string of the molecule is O=C(Nc1c(Cl)cccc1Cl)c1ccc(Br)cc1S. The van der Waals surface area contributed by atoms with Gasteiger partial charge in [-0.25, -0.2) is 0 Å². The van der Waals surface area contributed by atoms with Crippen LogP contribution in [0.4, 0.5) is 5.69 Å². The molecular weight excluding hydrogens is 369 g/mol. The van der Waals surface area contributed by atoms with Crippen LogP contribution in [0.2, 0.25) is 10.0 Å². The molecule has 0 saturated heterocycles. The Kier molecular flexibility index (Phi) is 4.79. The molecule has 0 saturated carbocycles. The van der Waals surface area contributed by atoms with Gasteiger partial charge in [0, 0.05) is 9.37 Å². The van der Waals surface area contributed by atoms with Crippen molar-refractivity contribution in [2.45, 2.75) is 4.90 Å². The fourth-order valence-corrected chi connectivity index (χ4v) is 2.84. The van der Waals surface area contributed by atoms with Gasteiger partial charge in [-0.15, -0.1) is 12.6 Å². The Balaban J connectivity index is 2.31. The second kappa shape index (κ2) is 6.18. The maximum Gasteiger partial charge on any atom is 0.256 e. The monoisotopic (exact) mass is 375 g/mol. The number of hydrogen-bond acceptors (Lipinski definition) is 2. The second-order valence-corrected chi connectivity index (χ2v) is 5.92. The Bertz CT molecular complexity index is 628. The predicted octanol–water partition coefficient (Wildman–Crippen LogP) is 5.30. The third-order valence-electron chi connectivity index (χ3n) is 2.41. The third kappa shape index (κ3) is 3.45. The number of hydrogen-bond donors (Lipinski definition) is 2. The van der Waals surface area contributed by atoms with E-state index >= 15 is 0 Å². The number of amides is 1. The highest BCUT2D eigenvalue weighted by Crippen LogP contribution is 2.30. The van der Waals surface area contributed by atoms with Crippen LogP contribution in [0.25, 0.3) is 0 Å². The number of rotatable bonds is 2. The molecule has 1 N–H and O–H groups in total. The number of anilines is 1. The largest absolute Gasteiger partial charge is 0.319 e. The summed E-state index contributed by atoms with van der Waals surface area (Å²) in [4.78, 5) is 12.7. The van der Waals surface area contributed by atoms with Gasteiger partial charge in [-0.1, -0.05) is 45.2 Å². The second-order valence-electron chi connectivity index (χ2n) is 3.71. The number of benzene rings is 2. The minimum Gasteiger partial charge on any atom is -0.319 e. The summed E-state index contributed by atoms with van der Waals surface area (Å²) in [5.41, 5.74) is 0.842. The summed E-state index contributed by atoms with van der Waals surface area (Å²) in [7, 11) is 0. The first-order valence-corrected chi connectivity index (χ1v) is 7.22. The lowest BCUT2D eigenvalue weighted by Crippen LogP contribution is -2.13. The fourth-order valence-electron chi connectivity index (χ4n) is 1.49. The van der Waals surface area contributed by atoms with E-state index in [2.05, 4.69) is 33.9 Å². The molecule has 2 nitrogen and oxygen atoms in total. The highest BCUT2D eigenvalue weighted by atomic mass is 79.9. The normalized spacial score (nSPS) is 10.3. The molecule has 0 radical (unpaired) electrons. The molecule has 0 aliphatic carbocycles. The molecule has 98 valence electrons. The van der Waals surface area contributed by atoms with Gasteiger partial charge in [0.2, 0.25) is 0 Å². The number of para-hydroxylation sites is 1. The van der Waals surface area contributed by atoms with Gasteiger partial charge < -0.3 is 5.32 Å². The quantitative estimate of drug-likeness (QED) is 0.684. The lowest BCUT2D eigenvalue weighted by Gasteiger charge is -2.10. The van der Waals surface area contributed by atoms with E-state index in [1.165, 1.54) is 0 Å². The van der Waals surface area contributed by atoms with Crippen LogP contribution in [0, 0.1) is 0 Å². The van der Waals surface area contributed by atoms with Crippen molar-refractivity contribution >= 4 is 63.4 Å². The van der Waals surface area contributed by atoms with Crippen LogP contribution in [0.5, 0.6) is 0 Å². The highest BCUT2D eigenvalue weighted by molar-refractivity contribution is 9.10. The van der Waals surface area contributed by atoms with Crippen molar-refractivity contribution in [1.29, 1.82) is 0 Å². The van der Waals surface area contributed by atoms with Crippen LogP contribution in [-0.2, 0) is 0 Å². The zero-order valence-electron chi connectivity index (χ0n) is 9.45. The van der Waals surface area contributed by atoms with Crippen molar-refractivity contribution in [2.75, 3.05) is 5.32 Å². The number of carbonyl (C=O) groups is 1. The van der Waals surface area contributed by atoms with Crippen LogP contribution >= 0.6 is 51.8 Å². The number of halogens is 3. The van der Waals surface area contributed by atoms with Crippen LogP contribution in [0.1, 0.15) is 10.4 Å². The summed E-state index contributed by atoms with van der Waals surface area (Å²) in [6.45, 7) is 0. The number of nitrogens with one attached hydrogen (secondary N) is 1. The molecule has 0 heterocycles. The Labute approximate surface area is 134 Å². The van der Waals surface area contributed by atoms with Gasteiger partial charge >= 0.3 is 0 Å². The van der Waals surface area contributed by atoms with Crippen molar-refractivity contribution in [2.24, 2.45) is 0 Å². The molecule has 2 rings (SSSR count). The lowest BCUT2D eigenvalue weighted by atomic mass is 10.2. The van der Waals surface area contributed by atoms with Crippen LogP contribution in [0.3, 0.4) is 0 Å². The summed E-state index contributed by atoms with van der Waals surface area (Å²) in [5, 5.41) is 3.46. The van der Waals surface area contributed by atoms with Gasteiger partial charge in [0.1, 0.15) is 0 Å². The van der Waals surface area contributed by atoms with E-state index in [1.54, 1.807) is 36.4 Å². The Morgan fingerprint density at radius 1 is 1.16 bits per heavy atom. The van der Waals surface area contributed by atoms with Gasteiger partial charge in [0.05, 0.1) is 21.3 Å². The number of carbonyl (C=O) groups excluding carboxylic acids is 1. The molecule has 19 heavy (non-hydrogen) atoms. The Morgan fingerprint density at radius 3 is 2.37 bits per heavy atom. The summed E-state index contributed by atoms with van der Waals surface area (Å²) in [6, 6.07) is 10.2. The number of thiol groups is 1. The summed E-state index contributed by atoms with van der Waals surface area (Å²) in [5.74, 6) is -0.312. The molecule has 0 bridgehead atoms. The van der Waals surface area contributed by atoms with Crippen molar-refractivity contribution in [3.8, 4) is 0 Å². The van der Waals surface area contributed by atoms with Crippen molar-refractivity contribution in [3.05, 3.63) is 56.5 Å². The summed E-state index contributed by atoms with van der Waals surface area (Å²) < 4.78 is 0.852. The first kappa shape index (κ1) is 14.7. The van der Waals surface area contributed by atoms with E-state index in [0.717, 1.165) is 4.47 Å². The van der Waals surface area contributed by atoms with Crippen LogP contribution < -0.4 is 5.32 Å². The van der Waals surface area contributed by atoms with Gasteiger partial charge in [0.25, 0.3) is 5.91 Å². The average molecular weight is 377 g/mol.